The van der Waals surface area contributed by atoms with Crippen LogP contribution in [0.5, 0.6) is 5.75 Å². The molecule has 0 aliphatic rings. The number of hydrogen-bond donors (Lipinski definition) is 3. The highest BCUT2D eigenvalue weighted by molar-refractivity contribution is 7.09. The molecule has 1 atom stereocenters. The Labute approximate surface area is 224 Å². The molecule has 38 heavy (non-hydrogen) atoms. The predicted molar refractivity (Wildman–Crippen MR) is 147 cm³/mol. The van der Waals surface area contributed by atoms with Crippen LogP contribution in [-0.4, -0.2) is 28.7 Å². The molecule has 0 fully saturated rings. The van der Waals surface area contributed by atoms with Gasteiger partial charge in [0.25, 0.3) is 11.8 Å². The van der Waals surface area contributed by atoms with Crippen molar-refractivity contribution in [3.63, 3.8) is 0 Å². The third-order valence-corrected chi connectivity index (χ3v) is 6.58. The molecule has 4 aromatic rings. The van der Waals surface area contributed by atoms with E-state index < -0.39 is 23.8 Å². The number of ether oxygens (including phenoxy) is 1. The van der Waals surface area contributed by atoms with E-state index in [1.807, 2.05) is 37.3 Å². The van der Waals surface area contributed by atoms with Crippen LogP contribution < -0.4 is 26.4 Å². The lowest BCUT2D eigenvalue weighted by atomic mass is 10.0. The Balaban J connectivity index is 1.80. The molecule has 0 unspecified atom stereocenters. The van der Waals surface area contributed by atoms with Gasteiger partial charge in [0.2, 0.25) is 5.91 Å². The summed E-state index contributed by atoms with van der Waals surface area (Å²) in [4.78, 5) is 41.0. The number of nitrogens with one attached hydrogen (secondary N) is 1. The van der Waals surface area contributed by atoms with Crippen LogP contribution >= 0.6 is 11.5 Å². The summed E-state index contributed by atoms with van der Waals surface area (Å²) in [5.74, 6) is -1.20. The Kier molecular flexibility index (Phi) is 8.34. The average Bonchev–Trinajstić information content (AvgIpc) is 3.33. The molecule has 0 saturated heterocycles. The van der Waals surface area contributed by atoms with Gasteiger partial charge < -0.3 is 21.5 Å². The largest absolute Gasteiger partial charge is 0.494 e. The molecule has 10 heteroatoms. The van der Waals surface area contributed by atoms with Crippen molar-refractivity contribution in [3.8, 4) is 5.75 Å². The van der Waals surface area contributed by atoms with Crippen molar-refractivity contribution < 1.29 is 19.1 Å². The molecule has 0 aliphatic carbocycles. The van der Waals surface area contributed by atoms with E-state index in [1.54, 1.807) is 54.6 Å². The smallest absolute Gasteiger partial charge is 0.273 e. The molecule has 0 aliphatic heterocycles. The molecule has 3 aromatic carbocycles. The van der Waals surface area contributed by atoms with Crippen molar-refractivity contribution in [3.05, 3.63) is 107 Å². The molecule has 0 radical (unpaired) electrons. The van der Waals surface area contributed by atoms with Crippen LogP contribution in [0, 0.1) is 0 Å². The number of carbonyl (C=O) groups excluding carboxylic acids is 3. The van der Waals surface area contributed by atoms with Crippen molar-refractivity contribution in [2.75, 3.05) is 17.2 Å². The van der Waals surface area contributed by atoms with Gasteiger partial charge in [-0.25, -0.2) is 0 Å². The van der Waals surface area contributed by atoms with E-state index in [-0.39, 0.29) is 22.8 Å². The minimum Gasteiger partial charge on any atom is -0.494 e. The number of rotatable bonds is 10. The minimum absolute atomic E-state index is 0.00875. The van der Waals surface area contributed by atoms with E-state index >= 15 is 0 Å². The van der Waals surface area contributed by atoms with Crippen LogP contribution in [0.2, 0.25) is 0 Å². The van der Waals surface area contributed by atoms with Gasteiger partial charge >= 0.3 is 0 Å². The van der Waals surface area contributed by atoms with E-state index in [4.69, 9.17) is 16.2 Å². The molecule has 0 spiro atoms. The fraction of sp³-hybridized carbons (Fsp3) is 0.143. The number of primary amides is 1. The first-order chi connectivity index (χ1) is 18.4. The number of nitrogens with two attached hydrogens (primary N) is 2. The molecule has 3 amide bonds. The summed E-state index contributed by atoms with van der Waals surface area (Å²) in [5, 5.41) is 2.95. The maximum Gasteiger partial charge on any atom is 0.273 e. The SMILES string of the molecule is CCOc1ccc([C@H](C(=O)NCc2ccccc2)N(C(=O)c2snc(C(N)=O)c2N)c2ccccc2)cc1. The van der Waals surface area contributed by atoms with E-state index in [9.17, 15) is 14.4 Å². The van der Waals surface area contributed by atoms with Crippen LogP contribution in [0.15, 0.2) is 84.9 Å². The molecule has 0 bridgehead atoms. The number of nitrogen functional groups attached to an aromatic ring is 1. The standard InChI is InChI=1S/C28H27N5O4S/c1-2-37-21-15-13-19(14-16-21)24(27(35)31-17-18-9-5-3-6-10-18)33(20-11-7-4-8-12-20)28(36)25-22(29)23(26(30)34)32-38-25/h3-16,24H,2,17,29H2,1H3,(H2,30,34)(H,31,35)/t24-/m1/s1. The first-order valence-corrected chi connectivity index (χ1v) is 12.7. The van der Waals surface area contributed by atoms with Crippen LogP contribution in [-0.2, 0) is 11.3 Å². The summed E-state index contributed by atoms with van der Waals surface area (Å²) in [6, 6.07) is 24.1. The second kappa shape index (κ2) is 12.0. The van der Waals surface area contributed by atoms with Gasteiger partial charge in [-0.1, -0.05) is 60.7 Å². The zero-order valence-electron chi connectivity index (χ0n) is 20.7. The number of aromatic nitrogens is 1. The normalized spacial score (nSPS) is 11.4. The van der Waals surface area contributed by atoms with Gasteiger partial charge in [0.1, 0.15) is 16.7 Å². The molecule has 5 N–H and O–H groups in total. The summed E-state index contributed by atoms with van der Waals surface area (Å²) in [7, 11) is 0. The highest BCUT2D eigenvalue weighted by Crippen LogP contribution is 2.33. The second-order valence-corrected chi connectivity index (χ2v) is 9.03. The highest BCUT2D eigenvalue weighted by atomic mass is 32.1. The van der Waals surface area contributed by atoms with Crippen molar-refractivity contribution in [1.82, 2.24) is 9.69 Å². The summed E-state index contributed by atoms with van der Waals surface area (Å²) >= 11 is 0.760. The molecule has 1 aromatic heterocycles. The molecule has 0 saturated carbocycles. The summed E-state index contributed by atoms with van der Waals surface area (Å²) in [6.07, 6.45) is 0. The van der Waals surface area contributed by atoms with Crippen LogP contribution in [0.3, 0.4) is 0 Å². The molecular weight excluding hydrogens is 502 g/mol. The molecule has 9 nitrogen and oxygen atoms in total. The first kappa shape index (κ1) is 26.4. The quantitative estimate of drug-likeness (QED) is 0.284. The van der Waals surface area contributed by atoms with Crippen molar-refractivity contribution in [2.45, 2.75) is 19.5 Å². The van der Waals surface area contributed by atoms with Gasteiger partial charge in [-0.15, -0.1) is 0 Å². The van der Waals surface area contributed by atoms with Crippen LogP contribution in [0.4, 0.5) is 11.4 Å². The number of carbonyl (C=O) groups is 3. The molecule has 4 rings (SSSR count). The highest BCUT2D eigenvalue weighted by Gasteiger charge is 2.36. The van der Waals surface area contributed by atoms with Crippen LogP contribution in [0.25, 0.3) is 0 Å². The van der Waals surface area contributed by atoms with Crippen molar-refractivity contribution in [1.29, 1.82) is 0 Å². The Morgan fingerprint density at radius 3 is 2.18 bits per heavy atom. The molecule has 1 heterocycles. The monoisotopic (exact) mass is 529 g/mol. The van der Waals surface area contributed by atoms with Crippen LogP contribution in [0.1, 0.15) is 44.3 Å². The van der Waals surface area contributed by atoms with E-state index in [0.29, 0.717) is 23.6 Å². The van der Waals surface area contributed by atoms with Gasteiger partial charge in [-0.3, -0.25) is 19.3 Å². The number of hydrogen-bond acceptors (Lipinski definition) is 7. The summed E-state index contributed by atoms with van der Waals surface area (Å²) in [6.45, 7) is 2.63. The predicted octanol–water partition coefficient (Wildman–Crippen LogP) is 3.93. The maximum atomic E-state index is 14.0. The number of benzene rings is 3. The van der Waals surface area contributed by atoms with Crippen molar-refractivity contribution >= 4 is 40.6 Å². The molecule has 194 valence electrons. The van der Waals surface area contributed by atoms with Gasteiger partial charge in [0, 0.05) is 12.2 Å². The van der Waals surface area contributed by atoms with E-state index in [1.165, 1.54) is 4.90 Å². The lowest BCUT2D eigenvalue weighted by molar-refractivity contribution is -0.122. The summed E-state index contributed by atoms with van der Waals surface area (Å²) < 4.78 is 9.54. The zero-order valence-corrected chi connectivity index (χ0v) is 21.5. The topological polar surface area (TPSA) is 141 Å². The minimum atomic E-state index is -1.08. The lowest BCUT2D eigenvalue weighted by Gasteiger charge is -2.31. The van der Waals surface area contributed by atoms with Gasteiger partial charge in [-0.2, -0.15) is 4.37 Å². The fourth-order valence-electron chi connectivity index (χ4n) is 3.92. The zero-order chi connectivity index (χ0) is 27.1. The maximum absolute atomic E-state index is 14.0. The third-order valence-electron chi connectivity index (χ3n) is 5.73. The second-order valence-electron chi connectivity index (χ2n) is 8.26. The third kappa shape index (κ3) is 5.81. The fourth-order valence-corrected chi connectivity index (χ4v) is 4.67. The first-order valence-electron chi connectivity index (χ1n) is 11.9. The number of amides is 3. The van der Waals surface area contributed by atoms with Crippen molar-refractivity contribution in [2.24, 2.45) is 5.73 Å². The Morgan fingerprint density at radius 1 is 0.974 bits per heavy atom. The number of anilines is 2. The van der Waals surface area contributed by atoms with Gasteiger partial charge in [-0.05, 0) is 53.8 Å². The average molecular weight is 530 g/mol. The Morgan fingerprint density at radius 2 is 1.61 bits per heavy atom. The lowest BCUT2D eigenvalue weighted by Crippen LogP contribution is -2.44. The summed E-state index contributed by atoms with van der Waals surface area (Å²) in [5.41, 5.74) is 13.1. The van der Waals surface area contributed by atoms with Gasteiger partial charge in [0.15, 0.2) is 5.69 Å². The van der Waals surface area contributed by atoms with E-state index in [2.05, 4.69) is 9.69 Å². The Hall–Kier alpha value is -4.70. The van der Waals surface area contributed by atoms with Gasteiger partial charge in [0.05, 0.1) is 12.3 Å². The molecular formula is C28H27N5O4S. The Bertz CT molecular complexity index is 1410. The van der Waals surface area contributed by atoms with E-state index in [0.717, 1.165) is 17.1 Å². The number of para-hydroxylation sites is 1. The number of nitrogens with zero attached hydrogens (tertiary/aromatic N) is 2.